The van der Waals surface area contributed by atoms with E-state index in [1.54, 1.807) is 24.3 Å². The number of nitrogens with one attached hydrogen (secondary N) is 1. The Kier molecular flexibility index (Phi) is 6.59. The van der Waals surface area contributed by atoms with Gasteiger partial charge < -0.3 is 11.1 Å². The highest BCUT2D eigenvalue weighted by molar-refractivity contribution is 7.92. The van der Waals surface area contributed by atoms with Crippen LogP contribution in [0.4, 0.5) is 16.4 Å². The molecule has 0 saturated carbocycles. The van der Waals surface area contributed by atoms with Gasteiger partial charge >= 0.3 is 0 Å². The summed E-state index contributed by atoms with van der Waals surface area (Å²) in [5.41, 5.74) is 10.6. The van der Waals surface area contributed by atoms with Gasteiger partial charge in [-0.2, -0.15) is 0 Å². The molecule has 0 radical (unpaired) electrons. The molecule has 0 aliphatic carbocycles. The summed E-state index contributed by atoms with van der Waals surface area (Å²) in [5, 5.41) is 3.60. The van der Waals surface area contributed by atoms with E-state index in [0.29, 0.717) is 10.6 Å². The highest BCUT2D eigenvalue weighted by atomic mass is 32.2. The standard InChI is InChI=1S/C27H26N2O3S2/c1-4-19-10-8-9-13-22(19)29-27-26(34(31,32)20-11-6-5-7-12-20)23(28)25(33-27)24(30)21-15-14-17(2)16-18(21)3/h5-16,29H,4,28H2,1-3H3. The Labute approximate surface area is 204 Å². The SMILES string of the molecule is CCc1ccccc1Nc1sc(C(=O)c2ccc(C)cc2C)c(N)c1S(=O)(=O)c1ccccc1. The fraction of sp³-hybridized carbons (Fsp3) is 0.148. The maximum Gasteiger partial charge on any atom is 0.211 e. The average molecular weight is 491 g/mol. The Morgan fingerprint density at radius 2 is 1.65 bits per heavy atom. The first-order chi connectivity index (χ1) is 16.2. The van der Waals surface area contributed by atoms with Crippen molar-refractivity contribution in [3.8, 4) is 0 Å². The van der Waals surface area contributed by atoms with Crippen molar-refractivity contribution in [3.05, 3.63) is 99.9 Å². The van der Waals surface area contributed by atoms with Crippen LogP contribution in [0.15, 0.2) is 82.6 Å². The number of rotatable bonds is 7. The normalized spacial score (nSPS) is 11.4. The Bertz CT molecular complexity index is 1470. The monoisotopic (exact) mass is 490 g/mol. The number of para-hydroxylation sites is 1. The highest BCUT2D eigenvalue weighted by Crippen LogP contribution is 2.44. The molecule has 0 fully saturated rings. The van der Waals surface area contributed by atoms with Crippen LogP contribution in [0.25, 0.3) is 0 Å². The van der Waals surface area contributed by atoms with E-state index in [4.69, 9.17) is 5.73 Å². The molecule has 0 aliphatic heterocycles. The number of nitrogens with two attached hydrogens (primary N) is 1. The summed E-state index contributed by atoms with van der Waals surface area (Å²) in [4.78, 5) is 13.8. The van der Waals surface area contributed by atoms with Gasteiger partial charge in [-0.1, -0.05) is 67.1 Å². The van der Waals surface area contributed by atoms with E-state index in [2.05, 4.69) is 5.32 Å². The molecule has 0 aliphatic rings. The summed E-state index contributed by atoms with van der Waals surface area (Å²) in [6, 6.07) is 21.4. The molecule has 0 bridgehead atoms. The second-order valence-electron chi connectivity index (χ2n) is 8.10. The van der Waals surface area contributed by atoms with Crippen molar-refractivity contribution >= 4 is 43.3 Å². The number of hydrogen-bond donors (Lipinski definition) is 2. The predicted molar refractivity (Wildman–Crippen MR) is 139 cm³/mol. The van der Waals surface area contributed by atoms with E-state index >= 15 is 0 Å². The second kappa shape index (κ2) is 9.44. The van der Waals surface area contributed by atoms with E-state index in [0.717, 1.165) is 40.1 Å². The van der Waals surface area contributed by atoms with Crippen molar-refractivity contribution in [2.24, 2.45) is 0 Å². The average Bonchev–Trinajstić information content (AvgIpc) is 3.16. The lowest BCUT2D eigenvalue weighted by Crippen LogP contribution is -2.09. The van der Waals surface area contributed by atoms with Crippen LogP contribution < -0.4 is 11.1 Å². The van der Waals surface area contributed by atoms with E-state index in [1.807, 2.05) is 57.2 Å². The fourth-order valence-corrected chi connectivity index (χ4v) is 6.87. The molecule has 7 heteroatoms. The molecule has 3 N–H and O–H groups in total. The van der Waals surface area contributed by atoms with E-state index in [9.17, 15) is 13.2 Å². The topological polar surface area (TPSA) is 89.3 Å². The third-order valence-corrected chi connectivity index (χ3v) is 8.80. The Morgan fingerprint density at radius 3 is 2.32 bits per heavy atom. The molecule has 0 spiro atoms. The fourth-order valence-electron chi connectivity index (χ4n) is 3.93. The van der Waals surface area contributed by atoms with Gasteiger partial charge in [-0.25, -0.2) is 8.42 Å². The van der Waals surface area contributed by atoms with Crippen molar-refractivity contribution < 1.29 is 13.2 Å². The third-order valence-electron chi connectivity index (χ3n) is 5.70. The molecule has 0 atom stereocenters. The molecule has 1 heterocycles. The van der Waals surface area contributed by atoms with Crippen LogP contribution in [0, 0.1) is 13.8 Å². The number of anilines is 3. The lowest BCUT2D eigenvalue weighted by molar-refractivity contribution is 0.104. The number of carbonyl (C=O) groups is 1. The van der Waals surface area contributed by atoms with Gasteiger partial charge in [0.05, 0.1) is 10.6 Å². The molecule has 34 heavy (non-hydrogen) atoms. The van der Waals surface area contributed by atoms with Crippen LogP contribution >= 0.6 is 11.3 Å². The Hall–Kier alpha value is -3.42. The van der Waals surface area contributed by atoms with Crippen molar-refractivity contribution in [2.45, 2.75) is 37.0 Å². The van der Waals surface area contributed by atoms with Gasteiger partial charge in [0, 0.05) is 11.3 Å². The van der Waals surface area contributed by atoms with Crippen molar-refractivity contribution in [1.82, 2.24) is 0 Å². The van der Waals surface area contributed by atoms with Gasteiger partial charge in [0.15, 0.2) is 0 Å². The number of benzene rings is 3. The van der Waals surface area contributed by atoms with Crippen molar-refractivity contribution in [1.29, 1.82) is 0 Å². The smallest absolute Gasteiger partial charge is 0.211 e. The summed E-state index contributed by atoms with van der Waals surface area (Å²) in [7, 11) is -3.98. The first-order valence-electron chi connectivity index (χ1n) is 10.9. The van der Waals surface area contributed by atoms with Crippen molar-refractivity contribution in [3.63, 3.8) is 0 Å². The van der Waals surface area contributed by atoms with Crippen LogP contribution in [0.5, 0.6) is 0 Å². The Morgan fingerprint density at radius 1 is 0.971 bits per heavy atom. The maximum absolute atomic E-state index is 13.7. The van der Waals surface area contributed by atoms with Gasteiger partial charge in [0.2, 0.25) is 15.6 Å². The number of nitrogen functional groups attached to an aromatic ring is 1. The largest absolute Gasteiger partial charge is 0.396 e. The van der Waals surface area contributed by atoms with Gasteiger partial charge in [-0.15, -0.1) is 11.3 Å². The summed E-state index contributed by atoms with van der Waals surface area (Å²) >= 11 is 1.07. The molecular formula is C27H26N2O3S2. The van der Waals surface area contributed by atoms with Gasteiger partial charge in [0.1, 0.15) is 14.8 Å². The Balaban J connectivity index is 1.92. The first-order valence-corrected chi connectivity index (χ1v) is 13.2. The number of thiophene rings is 1. The number of ketones is 1. The number of sulfone groups is 1. The number of aryl methyl sites for hydroxylation is 3. The second-order valence-corrected chi connectivity index (χ2v) is 11.0. The lowest BCUT2D eigenvalue weighted by atomic mass is 10.0. The molecule has 4 rings (SSSR count). The predicted octanol–water partition coefficient (Wildman–Crippen LogP) is 6.32. The van der Waals surface area contributed by atoms with Crippen LogP contribution in [0.3, 0.4) is 0 Å². The zero-order valence-corrected chi connectivity index (χ0v) is 20.9. The molecule has 0 saturated heterocycles. The van der Waals surface area contributed by atoms with Gasteiger partial charge in [-0.3, -0.25) is 4.79 Å². The van der Waals surface area contributed by atoms with Crippen molar-refractivity contribution in [2.75, 3.05) is 11.1 Å². The minimum Gasteiger partial charge on any atom is -0.396 e. The molecule has 1 aromatic heterocycles. The zero-order chi connectivity index (χ0) is 24.5. The van der Waals surface area contributed by atoms with E-state index < -0.39 is 9.84 Å². The quantitative estimate of drug-likeness (QED) is 0.296. The van der Waals surface area contributed by atoms with Crippen LogP contribution in [-0.4, -0.2) is 14.2 Å². The minimum atomic E-state index is -3.98. The summed E-state index contributed by atoms with van der Waals surface area (Å²) in [5.74, 6) is -0.290. The van der Waals surface area contributed by atoms with E-state index in [-0.39, 0.29) is 26.1 Å². The van der Waals surface area contributed by atoms with Crippen LogP contribution in [0.1, 0.15) is 38.8 Å². The molecule has 174 valence electrons. The minimum absolute atomic E-state index is 0.0321. The summed E-state index contributed by atoms with van der Waals surface area (Å²) < 4.78 is 27.4. The maximum atomic E-state index is 13.7. The molecule has 3 aromatic carbocycles. The summed E-state index contributed by atoms with van der Waals surface area (Å²) in [6.07, 6.45) is 0.763. The third kappa shape index (κ3) is 4.36. The highest BCUT2D eigenvalue weighted by Gasteiger charge is 2.32. The number of carbonyl (C=O) groups excluding carboxylic acids is 1. The molecular weight excluding hydrogens is 464 g/mol. The first kappa shape index (κ1) is 23.7. The lowest BCUT2D eigenvalue weighted by Gasteiger charge is -2.12. The molecule has 4 aromatic rings. The van der Waals surface area contributed by atoms with Gasteiger partial charge in [-0.05, 0) is 49.6 Å². The summed E-state index contributed by atoms with van der Waals surface area (Å²) in [6.45, 7) is 5.85. The van der Waals surface area contributed by atoms with Crippen LogP contribution in [-0.2, 0) is 16.3 Å². The molecule has 0 amide bonds. The van der Waals surface area contributed by atoms with Gasteiger partial charge in [0.25, 0.3) is 0 Å². The zero-order valence-electron chi connectivity index (χ0n) is 19.3. The van der Waals surface area contributed by atoms with E-state index in [1.165, 1.54) is 12.1 Å². The molecule has 5 nitrogen and oxygen atoms in total. The molecule has 0 unspecified atom stereocenters. The number of hydrogen-bond acceptors (Lipinski definition) is 6. The van der Waals surface area contributed by atoms with Crippen LogP contribution in [0.2, 0.25) is 0 Å².